The minimum atomic E-state index is -0.416. The highest BCUT2D eigenvalue weighted by Crippen LogP contribution is 2.13. The summed E-state index contributed by atoms with van der Waals surface area (Å²) in [4.78, 5) is 30.2. The minimum Gasteiger partial charge on any atom is -0.465 e. The monoisotopic (exact) mass is 334 g/mol. The van der Waals surface area contributed by atoms with Crippen molar-refractivity contribution in [1.29, 1.82) is 0 Å². The van der Waals surface area contributed by atoms with Crippen molar-refractivity contribution in [2.24, 2.45) is 0 Å². The molecule has 0 aromatic heterocycles. The number of nitrogens with zero attached hydrogens (tertiary/aromatic N) is 3. The van der Waals surface area contributed by atoms with Gasteiger partial charge in [0.1, 0.15) is 0 Å². The fourth-order valence-electron chi connectivity index (χ4n) is 2.56. The lowest BCUT2D eigenvalue weighted by molar-refractivity contribution is 0.0600. The number of hydrogen-bond acceptors (Lipinski definition) is 5. The second-order valence-electron chi connectivity index (χ2n) is 6.13. The van der Waals surface area contributed by atoms with E-state index in [0.29, 0.717) is 24.3 Å². The average Bonchev–Trinajstić information content (AvgIpc) is 2.59. The molecule has 1 heterocycles. The predicted octanol–water partition coefficient (Wildman–Crippen LogP) is 1.18. The fraction of sp³-hybridized carbons (Fsp3) is 0.529. The number of urea groups is 1. The topological polar surface area (TPSA) is 65.1 Å². The summed E-state index contributed by atoms with van der Waals surface area (Å²) < 4.78 is 4.69. The van der Waals surface area contributed by atoms with Gasteiger partial charge in [0.2, 0.25) is 0 Å². The fourth-order valence-corrected chi connectivity index (χ4v) is 2.56. The Morgan fingerprint density at radius 2 is 1.92 bits per heavy atom. The first-order chi connectivity index (χ1) is 11.5. The molecule has 24 heavy (non-hydrogen) atoms. The van der Waals surface area contributed by atoms with Gasteiger partial charge in [0.05, 0.1) is 12.7 Å². The summed E-state index contributed by atoms with van der Waals surface area (Å²) in [6, 6.07) is 6.63. The molecule has 0 spiro atoms. The number of ether oxygens (including phenoxy) is 1. The minimum absolute atomic E-state index is 0.135. The standard InChI is InChI=1S/C17H26N4O3/c1-19(2)7-8-20-9-11-21(12-10-20)17(23)18-15-6-4-5-14(13-15)16(22)24-3/h4-6,13H,7-12H2,1-3H3,(H,18,23). The van der Waals surface area contributed by atoms with Crippen molar-refractivity contribution in [2.45, 2.75) is 0 Å². The van der Waals surface area contributed by atoms with Gasteiger partial charge in [0, 0.05) is 45.0 Å². The van der Waals surface area contributed by atoms with Crippen LogP contribution in [0.25, 0.3) is 0 Å². The van der Waals surface area contributed by atoms with Crippen LogP contribution in [0.4, 0.5) is 10.5 Å². The normalized spacial score (nSPS) is 15.4. The number of likely N-dealkylation sites (N-methyl/N-ethyl adjacent to an activating group) is 1. The lowest BCUT2D eigenvalue weighted by atomic mass is 10.2. The quantitative estimate of drug-likeness (QED) is 0.819. The van der Waals surface area contributed by atoms with E-state index in [0.717, 1.165) is 26.2 Å². The molecule has 0 unspecified atom stereocenters. The number of anilines is 1. The van der Waals surface area contributed by atoms with Crippen LogP contribution in [-0.4, -0.2) is 87.2 Å². The molecule has 1 N–H and O–H groups in total. The van der Waals surface area contributed by atoms with Crippen molar-refractivity contribution < 1.29 is 14.3 Å². The number of piperazine rings is 1. The molecule has 1 aromatic rings. The first-order valence-electron chi connectivity index (χ1n) is 8.11. The van der Waals surface area contributed by atoms with Crippen LogP contribution in [0.15, 0.2) is 24.3 Å². The molecule has 0 aliphatic carbocycles. The molecule has 7 heteroatoms. The van der Waals surface area contributed by atoms with Gasteiger partial charge in [-0.05, 0) is 32.3 Å². The van der Waals surface area contributed by atoms with Crippen molar-refractivity contribution in [3.63, 3.8) is 0 Å². The first-order valence-corrected chi connectivity index (χ1v) is 8.11. The van der Waals surface area contributed by atoms with E-state index in [-0.39, 0.29) is 6.03 Å². The highest BCUT2D eigenvalue weighted by atomic mass is 16.5. The Morgan fingerprint density at radius 1 is 1.21 bits per heavy atom. The zero-order valence-electron chi connectivity index (χ0n) is 14.6. The van der Waals surface area contributed by atoms with E-state index in [4.69, 9.17) is 4.74 Å². The van der Waals surface area contributed by atoms with E-state index in [1.165, 1.54) is 7.11 Å². The Hall–Kier alpha value is -2.12. The van der Waals surface area contributed by atoms with Crippen LogP contribution >= 0.6 is 0 Å². The Kier molecular flexibility index (Phi) is 6.57. The van der Waals surface area contributed by atoms with E-state index >= 15 is 0 Å². The van der Waals surface area contributed by atoms with Crippen LogP contribution in [0.1, 0.15) is 10.4 Å². The van der Waals surface area contributed by atoms with Gasteiger partial charge in [-0.2, -0.15) is 0 Å². The van der Waals surface area contributed by atoms with Gasteiger partial charge in [-0.15, -0.1) is 0 Å². The van der Waals surface area contributed by atoms with Crippen LogP contribution in [0.5, 0.6) is 0 Å². The van der Waals surface area contributed by atoms with E-state index in [2.05, 4.69) is 29.2 Å². The Balaban J connectivity index is 1.84. The Labute approximate surface area is 143 Å². The number of benzene rings is 1. The first kappa shape index (κ1) is 18.2. The summed E-state index contributed by atoms with van der Waals surface area (Å²) in [5, 5.41) is 2.85. The number of carbonyl (C=O) groups excluding carboxylic acids is 2. The van der Waals surface area contributed by atoms with Gasteiger partial charge in [-0.3, -0.25) is 4.90 Å². The van der Waals surface area contributed by atoms with Crippen LogP contribution in [-0.2, 0) is 4.74 Å². The van der Waals surface area contributed by atoms with E-state index in [9.17, 15) is 9.59 Å². The maximum atomic E-state index is 12.4. The lowest BCUT2D eigenvalue weighted by Crippen LogP contribution is -2.51. The number of nitrogens with one attached hydrogen (secondary N) is 1. The molecular weight excluding hydrogens is 308 g/mol. The second kappa shape index (κ2) is 8.65. The molecule has 1 saturated heterocycles. The number of esters is 1. The molecule has 132 valence electrons. The molecular formula is C17H26N4O3. The molecule has 0 saturated carbocycles. The molecule has 1 fully saturated rings. The van der Waals surface area contributed by atoms with Crippen LogP contribution in [0, 0.1) is 0 Å². The SMILES string of the molecule is COC(=O)c1cccc(NC(=O)N2CCN(CCN(C)C)CC2)c1. The van der Waals surface area contributed by atoms with Gasteiger partial charge < -0.3 is 19.9 Å². The molecule has 7 nitrogen and oxygen atoms in total. The summed E-state index contributed by atoms with van der Waals surface area (Å²) in [7, 11) is 5.46. The number of hydrogen-bond donors (Lipinski definition) is 1. The maximum absolute atomic E-state index is 12.4. The van der Waals surface area contributed by atoms with Crippen molar-refractivity contribution in [3.05, 3.63) is 29.8 Å². The Morgan fingerprint density at radius 3 is 2.54 bits per heavy atom. The molecule has 1 aromatic carbocycles. The summed E-state index contributed by atoms with van der Waals surface area (Å²) in [6.45, 7) is 5.20. The highest BCUT2D eigenvalue weighted by Gasteiger charge is 2.21. The van der Waals surface area contributed by atoms with Gasteiger partial charge in [0.25, 0.3) is 0 Å². The third-order valence-corrected chi connectivity index (χ3v) is 4.06. The van der Waals surface area contributed by atoms with Crippen molar-refractivity contribution >= 4 is 17.7 Å². The smallest absolute Gasteiger partial charge is 0.337 e. The third kappa shape index (κ3) is 5.21. The van der Waals surface area contributed by atoms with E-state index in [1.54, 1.807) is 29.2 Å². The summed E-state index contributed by atoms with van der Waals surface area (Å²) in [6.07, 6.45) is 0. The number of carbonyl (C=O) groups is 2. The summed E-state index contributed by atoms with van der Waals surface area (Å²) in [5.74, 6) is -0.416. The van der Waals surface area contributed by atoms with E-state index < -0.39 is 5.97 Å². The zero-order valence-corrected chi connectivity index (χ0v) is 14.6. The Bertz CT molecular complexity index is 569. The molecule has 0 atom stereocenters. The second-order valence-corrected chi connectivity index (χ2v) is 6.13. The van der Waals surface area contributed by atoms with Gasteiger partial charge in [-0.25, -0.2) is 9.59 Å². The summed E-state index contributed by atoms with van der Waals surface area (Å²) in [5.41, 5.74) is 1.02. The average molecular weight is 334 g/mol. The van der Waals surface area contributed by atoms with Crippen LogP contribution < -0.4 is 5.32 Å². The van der Waals surface area contributed by atoms with Crippen LogP contribution in [0.3, 0.4) is 0 Å². The van der Waals surface area contributed by atoms with E-state index in [1.807, 2.05) is 0 Å². The molecule has 0 bridgehead atoms. The number of methoxy groups -OCH3 is 1. The summed E-state index contributed by atoms with van der Waals surface area (Å²) >= 11 is 0. The van der Waals surface area contributed by atoms with Gasteiger partial charge in [0.15, 0.2) is 0 Å². The molecule has 2 rings (SSSR count). The number of rotatable bonds is 5. The highest BCUT2D eigenvalue weighted by molar-refractivity contribution is 5.93. The van der Waals surface area contributed by atoms with Crippen molar-refractivity contribution in [1.82, 2.24) is 14.7 Å². The van der Waals surface area contributed by atoms with Crippen LogP contribution in [0.2, 0.25) is 0 Å². The maximum Gasteiger partial charge on any atom is 0.337 e. The van der Waals surface area contributed by atoms with Crippen molar-refractivity contribution in [2.75, 3.05) is 65.8 Å². The van der Waals surface area contributed by atoms with Gasteiger partial charge >= 0.3 is 12.0 Å². The molecule has 1 aliphatic heterocycles. The number of amides is 2. The molecule has 0 radical (unpaired) electrons. The lowest BCUT2D eigenvalue weighted by Gasteiger charge is -2.35. The zero-order chi connectivity index (χ0) is 17.5. The largest absolute Gasteiger partial charge is 0.465 e. The third-order valence-electron chi connectivity index (χ3n) is 4.06. The van der Waals surface area contributed by atoms with Gasteiger partial charge in [-0.1, -0.05) is 6.07 Å². The molecule has 2 amide bonds. The van der Waals surface area contributed by atoms with Crippen molar-refractivity contribution in [3.8, 4) is 0 Å². The predicted molar refractivity (Wildman–Crippen MR) is 93.4 cm³/mol. The molecule has 1 aliphatic rings.